The summed E-state index contributed by atoms with van der Waals surface area (Å²) >= 11 is 0. The Balaban J connectivity index is 3.03. The molecule has 0 aromatic heterocycles. The molecule has 0 bridgehead atoms. The number of benzene rings is 1. The molecule has 1 aromatic rings. The Bertz CT molecular complexity index is 512. The lowest BCUT2D eigenvalue weighted by Gasteiger charge is -2.23. The topological polar surface area (TPSA) is 63.6 Å². The SMILES string of the molecule is CCCOc1ccc(C(=O)CCC(=O)O)cc1C(C)(C)C. The maximum absolute atomic E-state index is 12.0. The van der Waals surface area contributed by atoms with Crippen LogP contribution < -0.4 is 4.74 Å². The van der Waals surface area contributed by atoms with Crippen molar-refractivity contribution in [3.8, 4) is 5.75 Å². The largest absolute Gasteiger partial charge is 0.493 e. The minimum atomic E-state index is -0.956. The Morgan fingerprint density at radius 3 is 2.38 bits per heavy atom. The molecule has 0 heterocycles. The molecule has 4 nitrogen and oxygen atoms in total. The fourth-order valence-corrected chi connectivity index (χ4v) is 1.99. The molecule has 0 saturated heterocycles. The van der Waals surface area contributed by atoms with Gasteiger partial charge >= 0.3 is 5.97 Å². The summed E-state index contributed by atoms with van der Waals surface area (Å²) in [5.41, 5.74) is 1.37. The van der Waals surface area contributed by atoms with Gasteiger partial charge in [0.1, 0.15) is 5.75 Å². The van der Waals surface area contributed by atoms with Crippen molar-refractivity contribution in [3.63, 3.8) is 0 Å². The number of ether oxygens (including phenoxy) is 1. The highest BCUT2D eigenvalue weighted by molar-refractivity contribution is 5.97. The van der Waals surface area contributed by atoms with Crippen molar-refractivity contribution in [2.24, 2.45) is 0 Å². The van der Waals surface area contributed by atoms with Crippen molar-refractivity contribution in [2.75, 3.05) is 6.61 Å². The molecule has 0 radical (unpaired) electrons. The fourth-order valence-electron chi connectivity index (χ4n) is 1.99. The molecule has 1 rings (SSSR count). The van der Waals surface area contributed by atoms with Crippen molar-refractivity contribution < 1.29 is 19.4 Å². The van der Waals surface area contributed by atoms with E-state index in [1.165, 1.54) is 0 Å². The van der Waals surface area contributed by atoms with Crippen molar-refractivity contribution in [2.45, 2.75) is 52.4 Å². The van der Waals surface area contributed by atoms with Gasteiger partial charge in [0.2, 0.25) is 0 Å². The number of carbonyl (C=O) groups is 2. The van der Waals surface area contributed by atoms with Crippen LogP contribution in [0, 0.1) is 0 Å². The first-order chi connectivity index (χ1) is 9.75. The maximum Gasteiger partial charge on any atom is 0.303 e. The van der Waals surface area contributed by atoms with E-state index in [4.69, 9.17) is 9.84 Å². The summed E-state index contributed by atoms with van der Waals surface area (Å²) in [5.74, 6) is -0.314. The van der Waals surface area contributed by atoms with E-state index in [0.29, 0.717) is 12.2 Å². The first kappa shape index (κ1) is 17.2. The Morgan fingerprint density at radius 2 is 1.86 bits per heavy atom. The number of carbonyl (C=O) groups excluding carboxylic acids is 1. The zero-order valence-electron chi connectivity index (χ0n) is 13.2. The van der Waals surface area contributed by atoms with E-state index >= 15 is 0 Å². The van der Waals surface area contributed by atoms with Gasteiger partial charge in [-0.3, -0.25) is 9.59 Å². The fraction of sp³-hybridized carbons (Fsp3) is 0.529. The number of Topliss-reactive ketones (excluding diaryl/α,β-unsaturated/α-hetero) is 1. The number of carboxylic acids is 1. The molecule has 0 amide bonds. The number of aliphatic carboxylic acids is 1. The number of ketones is 1. The molecule has 0 saturated carbocycles. The van der Waals surface area contributed by atoms with Crippen LogP contribution in [-0.2, 0) is 10.2 Å². The molecule has 0 aliphatic heterocycles. The highest BCUT2D eigenvalue weighted by Gasteiger charge is 2.21. The molecule has 0 fully saturated rings. The zero-order chi connectivity index (χ0) is 16.0. The highest BCUT2D eigenvalue weighted by Crippen LogP contribution is 2.32. The average Bonchev–Trinajstić information content (AvgIpc) is 2.41. The Kier molecular flexibility index (Phi) is 5.94. The molecule has 0 atom stereocenters. The Hall–Kier alpha value is -1.84. The van der Waals surface area contributed by atoms with Gasteiger partial charge in [0.25, 0.3) is 0 Å². The number of rotatable bonds is 7. The second kappa shape index (κ2) is 7.25. The van der Waals surface area contributed by atoms with E-state index in [9.17, 15) is 9.59 Å². The molecule has 1 aromatic carbocycles. The first-order valence-electron chi connectivity index (χ1n) is 7.28. The molecule has 0 unspecified atom stereocenters. The molecule has 4 heteroatoms. The predicted octanol–water partition coefficient (Wildman–Crippen LogP) is 3.82. The van der Waals surface area contributed by atoms with Gasteiger partial charge in [-0.2, -0.15) is 0 Å². The minimum Gasteiger partial charge on any atom is -0.493 e. The van der Waals surface area contributed by atoms with Gasteiger partial charge in [0.15, 0.2) is 5.78 Å². The van der Waals surface area contributed by atoms with Crippen LogP contribution in [0.3, 0.4) is 0 Å². The number of carboxylic acid groups (broad SMARTS) is 1. The van der Waals surface area contributed by atoms with E-state index < -0.39 is 5.97 Å². The minimum absolute atomic E-state index is 0.0219. The van der Waals surface area contributed by atoms with Gasteiger partial charge in [-0.25, -0.2) is 0 Å². The first-order valence-corrected chi connectivity index (χ1v) is 7.28. The van der Waals surface area contributed by atoms with Crippen LogP contribution in [0.5, 0.6) is 5.75 Å². The summed E-state index contributed by atoms with van der Waals surface area (Å²) in [6, 6.07) is 5.35. The van der Waals surface area contributed by atoms with E-state index in [1.807, 2.05) is 19.1 Å². The third-order valence-electron chi connectivity index (χ3n) is 3.14. The van der Waals surface area contributed by atoms with E-state index in [1.54, 1.807) is 6.07 Å². The highest BCUT2D eigenvalue weighted by atomic mass is 16.5. The maximum atomic E-state index is 12.0. The lowest BCUT2D eigenvalue weighted by molar-refractivity contribution is -0.136. The van der Waals surface area contributed by atoms with Gasteiger partial charge in [-0.1, -0.05) is 27.7 Å². The van der Waals surface area contributed by atoms with E-state index in [0.717, 1.165) is 17.7 Å². The van der Waals surface area contributed by atoms with Crippen LogP contribution in [0.25, 0.3) is 0 Å². The van der Waals surface area contributed by atoms with Gasteiger partial charge in [0, 0.05) is 17.5 Å². The molecule has 1 N–H and O–H groups in total. The van der Waals surface area contributed by atoms with Gasteiger partial charge < -0.3 is 9.84 Å². The van der Waals surface area contributed by atoms with Gasteiger partial charge in [-0.15, -0.1) is 0 Å². The summed E-state index contributed by atoms with van der Waals surface area (Å²) in [6.45, 7) is 8.86. The summed E-state index contributed by atoms with van der Waals surface area (Å²) in [4.78, 5) is 22.6. The molecule has 0 spiro atoms. The van der Waals surface area contributed by atoms with Crippen molar-refractivity contribution in [1.29, 1.82) is 0 Å². The summed E-state index contributed by atoms with van der Waals surface area (Å²) in [6.07, 6.45) is 0.800. The second-order valence-corrected chi connectivity index (χ2v) is 6.13. The normalized spacial score (nSPS) is 11.2. The second-order valence-electron chi connectivity index (χ2n) is 6.13. The Labute approximate surface area is 126 Å². The third-order valence-corrected chi connectivity index (χ3v) is 3.14. The average molecular weight is 292 g/mol. The molecular formula is C17H24O4. The van der Waals surface area contributed by atoms with Crippen LogP contribution >= 0.6 is 0 Å². The monoisotopic (exact) mass is 292 g/mol. The summed E-state index contributed by atoms with van der Waals surface area (Å²) in [5, 5.41) is 8.66. The Morgan fingerprint density at radius 1 is 1.19 bits per heavy atom. The molecular weight excluding hydrogens is 268 g/mol. The molecule has 21 heavy (non-hydrogen) atoms. The quantitative estimate of drug-likeness (QED) is 0.776. The van der Waals surface area contributed by atoms with E-state index in [-0.39, 0.29) is 24.0 Å². The van der Waals surface area contributed by atoms with E-state index in [2.05, 4.69) is 20.8 Å². The summed E-state index contributed by atoms with van der Waals surface area (Å²) < 4.78 is 5.74. The van der Waals surface area contributed by atoms with Crippen molar-refractivity contribution >= 4 is 11.8 Å². The van der Waals surface area contributed by atoms with Crippen LogP contribution in [0.2, 0.25) is 0 Å². The van der Waals surface area contributed by atoms with Gasteiger partial charge in [0.05, 0.1) is 13.0 Å². The summed E-state index contributed by atoms with van der Waals surface area (Å²) in [7, 11) is 0. The number of hydrogen-bond acceptors (Lipinski definition) is 3. The van der Waals surface area contributed by atoms with Crippen molar-refractivity contribution in [3.05, 3.63) is 29.3 Å². The van der Waals surface area contributed by atoms with Crippen LogP contribution in [0.1, 0.15) is 62.9 Å². The molecule has 116 valence electrons. The van der Waals surface area contributed by atoms with Crippen LogP contribution in [0.4, 0.5) is 0 Å². The lowest BCUT2D eigenvalue weighted by Crippen LogP contribution is -2.15. The molecule has 0 aliphatic carbocycles. The predicted molar refractivity (Wildman–Crippen MR) is 82.1 cm³/mol. The lowest BCUT2D eigenvalue weighted by atomic mass is 9.84. The standard InChI is InChI=1S/C17H24O4/c1-5-10-21-15-8-6-12(11-13(15)17(2,3)4)14(18)7-9-16(19)20/h6,8,11H,5,7,9-10H2,1-4H3,(H,19,20). The number of hydrogen-bond donors (Lipinski definition) is 1. The third kappa shape index (κ3) is 5.21. The van der Waals surface area contributed by atoms with Gasteiger partial charge in [-0.05, 0) is 30.0 Å². The zero-order valence-corrected chi connectivity index (χ0v) is 13.2. The van der Waals surface area contributed by atoms with Crippen molar-refractivity contribution in [1.82, 2.24) is 0 Å². The van der Waals surface area contributed by atoms with Crippen LogP contribution in [-0.4, -0.2) is 23.5 Å². The molecule has 0 aliphatic rings. The van der Waals surface area contributed by atoms with Crippen LogP contribution in [0.15, 0.2) is 18.2 Å². The smallest absolute Gasteiger partial charge is 0.303 e.